The van der Waals surface area contributed by atoms with Crippen LogP contribution in [0.25, 0.3) is 0 Å². The molecule has 0 unspecified atom stereocenters. The molecule has 2 nitrogen and oxygen atoms in total. The number of benzene rings is 1. The fraction of sp³-hybridized carbons (Fsp3) is 0.789. The fourth-order valence-electron chi connectivity index (χ4n) is 7.77. The van der Waals surface area contributed by atoms with Crippen molar-refractivity contribution in [1.29, 1.82) is 10.5 Å². The third-order valence-corrected chi connectivity index (χ3v) is 10.6. The first-order valence-electron chi connectivity index (χ1n) is 17.6. The lowest BCUT2D eigenvalue weighted by Gasteiger charge is -2.29. The van der Waals surface area contributed by atoms with E-state index in [1.807, 2.05) is 0 Å². The molecule has 2 aliphatic carbocycles. The average Bonchev–Trinajstić information content (AvgIpc) is 2.99. The summed E-state index contributed by atoms with van der Waals surface area (Å²) in [5, 5.41) is 20.1. The molecule has 2 fully saturated rings. The number of hydrogen-bond acceptors (Lipinski definition) is 2. The summed E-state index contributed by atoms with van der Waals surface area (Å²) in [5.74, 6) is 3.48. The fourth-order valence-corrected chi connectivity index (χ4v) is 7.77. The van der Waals surface area contributed by atoms with Crippen molar-refractivity contribution in [2.24, 2.45) is 23.7 Å². The van der Waals surface area contributed by atoms with Crippen molar-refractivity contribution in [3.05, 3.63) is 34.4 Å². The van der Waals surface area contributed by atoms with Gasteiger partial charge in [0.05, 0.1) is 11.1 Å². The maximum absolute atomic E-state index is 10.0. The monoisotopic (exact) mass is 544 g/mol. The summed E-state index contributed by atoms with van der Waals surface area (Å²) >= 11 is 0. The Hall–Kier alpha value is -1.80. The minimum atomic E-state index is 0.674. The Morgan fingerprint density at radius 2 is 0.825 bits per heavy atom. The quantitative estimate of drug-likeness (QED) is 0.172. The summed E-state index contributed by atoms with van der Waals surface area (Å²) in [6, 6.07) is 9.26. The molecule has 3 rings (SSSR count). The van der Waals surface area contributed by atoms with Crippen LogP contribution in [0.5, 0.6) is 0 Å². The van der Waals surface area contributed by atoms with Crippen LogP contribution in [-0.2, 0) is 12.8 Å². The third kappa shape index (κ3) is 11.2. The van der Waals surface area contributed by atoms with Crippen LogP contribution in [0.2, 0.25) is 0 Å². The molecule has 0 N–H and O–H groups in total. The minimum absolute atomic E-state index is 0.674. The van der Waals surface area contributed by atoms with Gasteiger partial charge in [-0.15, -0.1) is 0 Å². The highest BCUT2D eigenvalue weighted by atomic mass is 14.3. The number of aryl methyl sites for hydroxylation is 2. The van der Waals surface area contributed by atoms with E-state index < -0.39 is 0 Å². The molecule has 0 spiro atoms. The maximum Gasteiger partial charge on any atom is 0.101 e. The van der Waals surface area contributed by atoms with Crippen LogP contribution in [0, 0.1) is 46.3 Å². The number of rotatable bonds is 18. The van der Waals surface area contributed by atoms with E-state index in [1.54, 1.807) is 0 Å². The van der Waals surface area contributed by atoms with Crippen LogP contribution >= 0.6 is 0 Å². The molecule has 1 aromatic rings. The van der Waals surface area contributed by atoms with Gasteiger partial charge < -0.3 is 0 Å². The van der Waals surface area contributed by atoms with Crippen molar-refractivity contribution in [2.45, 2.75) is 168 Å². The van der Waals surface area contributed by atoms with Gasteiger partial charge in [0.1, 0.15) is 12.1 Å². The normalized spacial score (nSPS) is 23.0. The van der Waals surface area contributed by atoms with Crippen molar-refractivity contribution in [1.82, 2.24) is 0 Å². The first-order valence-corrected chi connectivity index (χ1v) is 17.6. The second-order valence-electron chi connectivity index (χ2n) is 13.6. The van der Waals surface area contributed by atoms with Crippen molar-refractivity contribution < 1.29 is 0 Å². The Balaban J connectivity index is 1.40. The summed E-state index contributed by atoms with van der Waals surface area (Å²) < 4.78 is 0. The molecular weight excluding hydrogens is 484 g/mol. The first-order chi connectivity index (χ1) is 19.7. The molecule has 0 heterocycles. The molecule has 1 aromatic carbocycles. The maximum atomic E-state index is 10.0. The zero-order valence-electron chi connectivity index (χ0n) is 26.3. The van der Waals surface area contributed by atoms with Gasteiger partial charge in [-0.2, -0.15) is 10.5 Å². The highest BCUT2D eigenvalue weighted by Gasteiger charge is 2.23. The molecule has 222 valence electrons. The molecule has 0 saturated heterocycles. The summed E-state index contributed by atoms with van der Waals surface area (Å²) in [5.41, 5.74) is 3.57. The molecule has 0 atom stereocenters. The molecule has 0 amide bonds. The largest absolute Gasteiger partial charge is 0.192 e. The number of nitriles is 2. The van der Waals surface area contributed by atoms with Crippen LogP contribution in [0.3, 0.4) is 0 Å². The van der Waals surface area contributed by atoms with Gasteiger partial charge in [-0.25, -0.2) is 0 Å². The Kier molecular flexibility index (Phi) is 15.8. The predicted molar refractivity (Wildman–Crippen MR) is 170 cm³/mol. The summed E-state index contributed by atoms with van der Waals surface area (Å²) in [6.07, 6.45) is 32.1. The van der Waals surface area contributed by atoms with E-state index in [9.17, 15) is 10.5 Å². The van der Waals surface area contributed by atoms with E-state index in [4.69, 9.17) is 0 Å². The summed E-state index contributed by atoms with van der Waals surface area (Å²) in [6.45, 7) is 4.58. The number of unbranched alkanes of at least 4 members (excludes halogenated alkanes) is 8. The lowest BCUT2D eigenvalue weighted by molar-refractivity contribution is 0.248. The summed E-state index contributed by atoms with van der Waals surface area (Å²) in [4.78, 5) is 0. The average molecular weight is 545 g/mol. The van der Waals surface area contributed by atoms with Gasteiger partial charge in [0.25, 0.3) is 0 Å². The number of hydrogen-bond donors (Lipinski definition) is 0. The van der Waals surface area contributed by atoms with Crippen molar-refractivity contribution in [3.8, 4) is 12.1 Å². The zero-order valence-corrected chi connectivity index (χ0v) is 26.3. The van der Waals surface area contributed by atoms with Crippen LogP contribution in [0.4, 0.5) is 0 Å². The Morgan fingerprint density at radius 1 is 0.500 bits per heavy atom. The highest BCUT2D eigenvalue weighted by Crippen LogP contribution is 2.36. The van der Waals surface area contributed by atoms with Crippen molar-refractivity contribution in [3.63, 3.8) is 0 Å². The SMILES string of the molecule is CCCCCCC[C@H]1CC[C@H](CCc2ccc(CC[C@H]3CC[C@H](CCCCCCC)CC3)c(C#N)c2C#N)CC1. The van der Waals surface area contributed by atoms with E-state index in [2.05, 4.69) is 38.1 Å². The molecule has 0 aliphatic heterocycles. The molecule has 2 heteroatoms. The van der Waals surface area contributed by atoms with Crippen LogP contribution in [0.15, 0.2) is 12.1 Å². The zero-order chi connectivity index (χ0) is 28.4. The molecule has 0 aromatic heterocycles. The molecule has 0 bridgehead atoms. The lowest BCUT2D eigenvalue weighted by atomic mass is 9.77. The highest BCUT2D eigenvalue weighted by molar-refractivity contribution is 5.54. The van der Waals surface area contributed by atoms with E-state index in [0.717, 1.165) is 47.6 Å². The second kappa shape index (κ2) is 19.3. The standard InChI is InChI=1S/C38H60N2/c1-3-5-7-9-11-13-31-15-19-33(20-16-31)23-25-35-27-28-36(38(30-40)37(35)29-39)26-24-34-21-17-32(18-22-34)14-12-10-8-6-4-2/h27-28,31-34H,3-26H2,1-2H3/t31-,32-,33-,34-. The van der Waals surface area contributed by atoms with Gasteiger partial charge in [0.2, 0.25) is 0 Å². The van der Waals surface area contributed by atoms with Gasteiger partial charge in [-0.05, 0) is 60.5 Å². The minimum Gasteiger partial charge on any atom is -0.192 e. The van der Waals surface area contributed by atoms with E-state index >= 15 is 0 Å². The van der Waals surface area contributed by atoms with Gasteiger partial charge >= 0.3 is 0 Å². The molecular formula is C38H60N2. The molecule has 40 heavy (non-hydrogen) atoms. The van der Waals surface area contributed by atoms with E-state index in [-0.39, 0.29) is 0 Å². The van der Waals surface area contributed by atoms with Gasteiger partial charge in [-0.3, -0.25) is 0 Å². The van der Waals surface area contributed by atoms with Crippen LogP contribution in [-0.4, -0.2) is 0 Å². The van der Waals surface area contributed by atoms with E-state index in [1.165, 1.54) is 141 Å². The van der Waals surface area contributed by atoms with Gasteiger partial charge in [-0.1, -0.05) is 154 Å². The Labute approximate surface area is 248 Å². The van der Waals surface area contributed by atoms with Crippen LogP contribution in [0.1, 0.15) is 177 Å². The van der Waals surface area contributed by atoms with Crippen LogP contribution < -0.4 is 0 Å². The smallest absolute Gasteiger partial charge is 0.101 e. The lowest BCUT2D eigenvalue weighted by Crippen LogP contribution is -2.16. The summed E-state index contributed by atoms with van der Waals surface area (Å²) in [7, 11) is 0. The van der Waals surface area contributed by atoms with E-state index in [0.29, 0.717) is 11.1 Å². The second-order valence-corrected chi connectivity index (χ2v) is 13.6. The first kappa shape index (κ1) is 32.7. The molecule has 2 saturated carbocycles. The Morgan fingerprint density at radius 3 is 1.15 bits per heavy atom. The topological polar surface area (TPSA) is 47.6 Å². The van der Waals surface area contributed by atoms with Gasteiger partial charge in [0.15, 0.2) is 0 Å². The number of nitrogens with zero attached hydrogens (tertiary/aromatic N) is 2. The van der Waals surface area contributed by atoms with Crippen molar-refractivity contribution in [2.75, 3.05) is 0 Å². The van der Waals surface area contributed by atoms with Crippen molar-refractivity contribution >= 4 is 0 Å². The molecule has 0 radical (unpaired) electrons. The predicted octanol–water partition coefficient (Wildman–Crippen LogP) is 11.6. The molecule has 2 aliphatic rings. The van der Waals surface area contributed by atoms with Gasteiger partial charge in [0, 0.05) is 0 Å². The Bertz CT molecular complexity index is 828. The third-order valence-electron chi connectivity index (χ3n) is 10.6.